The predicted octanol–water partition coefficient (Wildman–Crippen LogP) is 3.25. The van der Waals surface area contributed by atoms with Gasteiger partial charge in [-0.3, -0.25) is 9.59 Å². The van der Waals surface area contributed by atoms with E-state index in [1.807, 2.05) is 29.5 Å². The summed E-state index contributed by atoms with van der Waals surface area (Å²) in [7, 11) is 1.45. The number of pyridine rings is 1. The van der Waals surface area contributed by atoms with E-state index in [-0.39, 0.29) is 43.6 Å². The highest BCUT2D eigenvalue weighted by atomic mass is 127. The lowest BCUT2D eigenvalue weighted by Crippen LogP contribution is -2.30. The van der Waals surface area contributed by atoms with Gasteiger partial charge in [-0.2, -0.15) is 0 Å². The van der Waals surface area contributed by atoms with Gasteiger partial charge in [-0.1, -0.05) is 19.4 Å². The number of carboxylic acid groups (broad SMARTS) is 1. The zero-order valence-corrected chi connectivity index (χ0v) is 20.8. The Labute approximate surface area is 207 Å². The summed E-state index contributed by atoms with van der Waals surface area (Å²) in [5.74, 6) is -2.13. The number of methoxy groups -OCH3 is 1. The Morgan fingerprint density at radius 1 is 1.24 bits per heavy atom. The molecule has 0 radical (unpaired) electrons. The van der Waals surface area contributed by atoms with Crippen molar-refractivity contribution in [1.29, 1.82) is 0 Å². The fourth-order valence-electron chi connectivity index (χ4n) is 3.35. The third kappa shape index (κ3) is 5.65. The third-order valence-corrected chi connectivity index (χ3v) is 5.83. The Bertz CT molecular complexity index is 1320. The van der Waals surface area contributed by atoms with Crippen LogP contribution in [0.4, 0.5) is 4.39 Å². The number of aromatic carboxylic acids is 1. The summed E-state index contributed by atoms with van der Waals surface area (Å²) in [6.07, 6.45) is 4.00. The molecule has 0 fully saturated rings. The molecule has 182 valence electrons. The molecule has 0 amide bonds. The van der Waals surface area contributed by atoms with Gasteiger partial charge in [0.15, 0.2) is 11.3 Å². The van der Waals surface area contributed by atoms with Gasteiger partial charge in [0.1, 0.15) is 18.2 Å². The number of unbranched alkanes of at least 4 members (excludes halogenated alkanes) is 1. The average Bonchev–Trinajstić information content (AvgIpc) is 2.80. The van der Waals surface area contributed by atoms with Gasteiger partial charge >= 0.3 is 5.97 Å². The average molecular weight is 586 g/mol. The van der Waals surface area contributed by atoms with Crippen LogP contribution in [0.1, 0.15) is 41.4 Å². The van der Waals surface area contributed by atoms with Crippen molar-refractivity contribution in [3.8, 4) is 5.75 Å². The Morgan fingerprint density at radius 3 is 2.65 bits per heavy atom. The molecule has 11 heteroatoms. The van der Waals surface area contributed by atoms with Crippen molar-refractivity contribution in [2.75, 3.05) is 20.5 Å². The molecular weight excluding hydrogens is 562 g/mol. The number of rotatable bonds is 11. The molecule has 0 saturated heterocycles. The van der Waals surface area contributed by atoms with Crippen LogP contribution < -0.4 is 15.7 Å². The van der Waals surface area contributed by atoms with E-state index < -0.39 is 22.5 Å². The lowest BCUT2D eigenvalue weighted by Gasteiger charge is -2.17. The smallest absolute Gasteiger partial charge is 0.341 e. The maximum absolute atomic E-state index is 13.7. The number of fused-ring (bicyclic) bond motifs is 1. The van der Waals surface area contributed by atoms with E-state index in [9.17, 15) is 23.9 Å². The highest BCUT2D eigenvalue weighted by molar-refractivity contribution is 14.1. The second-order valence-corrected chi connectivity index (χ2v) is 8.65. The Kier molecular flexibility index (Phi) is 8.80. The lowest BCUT2D eigenvalue weighted by atomic mass is 10.2. The topological polar surface area (TPSA) is 108 Å². The number of carboxylic acids is 1. The second-order valence-electron chi connectivity index (χ2n) is 7.48. The van der Waals surface area contributed by atoms with Crippen molar-refractivity contribution in [2.45, 2.75) is 32.9 Å². The summed E-state index contributed by atoms with van der Waals surface area (Å²) in [4.78, 5) is 38.2. The molecule has 0 aliphatic rings. The lowest BCUT2D eigenvalue weighted by molar-refractivity contribution is -0.0405. The minimum absolute atomic E-state index is 0.0391. The van der Waals surface area contributed by atoms with Gasteiger partial charge in [0.05, 0.1) is 25.5 Å². The van der Waals surface area contributed by atoms with Gasteiger partial charge in [0, 0.05) is 23.1 Å². The summed E-state index contributed by atoms with van der Waals surface area (Å²) >= 11 is 1.87. The molecule has 1 aromatic carbocycles. The van der Waals surface area contributed by atoms with Crippen molar-refractivity contribution in [2.24, 2.45) is 0 Å². The SMILES string of the molecule is CCCCOc1c(=O)c(C(=O)O)cn2c(COCOC)cn(Cc3ccc(F)c(I)c3)c(=O)c12. The van der Waals surface area contributed by atoms with E-state index in [1.165, 1.54) is 28.3 Å². The fraction of sp³-hybridized carbons (Fsp3) is 0.348. The normalized spacial score (nSPS) is 11.2. The molecule has 0 aliphatic carbocycles. The van der Waals surface area contributed by atoms with Gasteiger partial charge < -0.3 is 28.3 Å². The minimum atomic E-state index is -1.44. The molecule has 0 saturated carbocycles. The number of carbonyl (C=O) groups is 1. The first kappa shape index (κ1) is 25.8. The van der Waals surface area contributed by atoms with E-state index in [0.29, 0.717) is 21.2 Å². The Hall–Kier alpha value is -2.77. The summed E-state index contributed by atoms with van der Waals surface area (Å²) in [5.41, 5.74) is -0.997. The predicted molar refractivity (Wildman–Crippen MR) is 130 cm³/mol. The molecule has 34 heavy (non-hydrogen) atoms. The molecule has 0 unspecified atom stereocenters. The molecule has 9 nitrogen and oxygen atoms in total. The standard InChI is InChI=1S/C23H24FIN2O7/c1-3-4-7-34-21-19-22(29)26(9-14-5-6-17(24)18(25)8-14)10-15(12-33-13-32-2)27(19)11-16(20(21)28)23(30)31/h5-6,8,10-11H,3-4,7,9,12-13H2,1-2H3,(H,30,31). The van der Waals surface area contributed by atoms with Crippen LogP contribution in [-0.4, -0.2) is 40.6 Å². The van der Waals surface area contributed by atoms with Crippen LogP contribution in [0.5, 0.6) is 5.75 Å². The summed E-state index contributed by atoms with van der Waals surface area (Å²) in [6.45, 7) is 2.09. The summed E-state index contributed by atoms with van der Waals surface area (Å²) < 4.78 is 32.8. The zero-order valence-electron chi connectivity index (χ0n) is 18.7. The van der Waals surface area contributed by atoms with E-state index in [2.05, 4.69) is 0 Å². The molecule has 3 rings (SSSR count). The van der Waals surface area contributed by atoms with Gasteiger partial charge in [0.2, 0.25) is 5.43 Å². The zero-order chi connectivity index (χ0) is 24.8. The number of nitrogens with zero attached hydrogens (tertiary/aromatic N) is 2. The van der Waals surface area contributed by atoms with Crippen molar-refractivity contribution in [3.05, 3.63) is 77.4 Å². The molecule has 2 aromatic heterocycles. The third-order valence-electron chi connectivity index (χ3n) is 5.01. The molecule has 0 aliphatic heterocycles. The van der Waals surface area contributed by atoms with Crippen molar-refractivity contribution in [1.82, 2.24) is 8.97 Å². The van der Waals surface area contributed by atoms with E-state index in [4.69, 9.17) is 14.2 Å². The number of ether oxygens (including phenoxy) is 3. The Morgan fingerprint density at radius 2 is 2.00 bits per heavy atom. The monoisotopic (exact) mass is 586 g/mol. The van der Waals surface area contributed by atoms with Gasteiger partial charge in [-0.25, -0.2) is 9.18 Å². The van der Waals surface area contributed by atoms with Gasteiger partial charge in [-0.05, 0) is 46.7 Å². The maximum Gasteiger partial charge on any atom is 0.341 e. The number of halogens is 2. The van der Waals surface area contributed by atoms with Crippen LogP contribution in [0.15, 0.2) is 40.2 Å². The molecule has 0 spiro atoms. The quantitative estimate of drug-likeness (QED) is 0.209. The van der Waals surface area contributed by atoms with Crippen molar-refractivity contribution in [3.63, 3.8) is 0 Å². The van der Waals surface area contributed by atoms with E-state index >= 15 is 0 Å². The van der Waals surface area contributed by atoms with Gasteiger partial charge in [0.25, 0.3) is 5.56 Å². The summed E-state index contributed by atoms with van der Waals surface area (Å²) in [5, 5.41) is 9.56. The first-order chi connectivity index (χ1) is 16.3. The highest BCUT2D eigenvalue weighted by Gasteiger charge is 2.22. The largest absolute Gasteiger partial charge is 0.487 e. The number of benzene rings is 1. The van der Waals surface area contributed by atoms with Crippen LogP contribution in [0.25, 0.3) is 5.52 Å². The van der Waals surface area contributed by atoms with Crippen LogP contribution >= 0.6 is 22.6 Å². The van der Waals surface area contributed by atoms with Crippen LogP contribution in [0.3, 0.4) is 0 Å². The first-order valence-corrected chi connectivity index (χ1v) is 11.5. The minimum Gasteiger partial charge on any atom is -0.487 e. The molecule has 3 aromatic rings. The van der Waals surface area contributed by atoms with Crippen LogP contribution in [-0.2, 0) is 22.6 Å². The van der Waals surface area contributed by atoms with Crippen molar-refractivity contribution < 1.29 is 28.5 Å². The molecular formula is C23H24FIN2O7. The van der Waals surface area contributed by atoms with Crippen molar-refractivity contribution >= 4 is 34.1 Å². The highest BCUT2D eigenvalue weighted by Crippen LogP contribution is 2.19. The summed E-state index contributed by atoms with van der Waals surface area (Å²) in [6, 6.07) is 4.49. The number of hydrogen-bond acceptors (Lipinski definition) is 6. The van der Waals surface area contributed by atoms with Gasteiger partial charge in [-0.15, -0.1) is 0 Å². The maximum atomic E-state index is 13.7. The fourth-order valence-corrected chi connectivity index (χ4v) is 3.93. The molecule has 0 atom stereocenters. The number of hydrogen-bond donors (Lipinski definition) is 1. The van der Waals surface area contributed by atoms with E-state index in [0.717, 1.165) is 12.6 Å². The van der Waals surface area contributed by atoms with Crippen LogP contribution in [0.2, 0.25) is 0 Å². The van der Waals surface area contributed by atoms with E-state index in [1.54, 1.807) is 12.1 Å². The Balaban J connectivity index is 2.27. The molecule has 1 N–H and O–H groups in total. The second kappa shape index (κ2) is 11.6. The molecule has 0 bridgehead atoms. The first-order valence-electron chi connectivity index (χ1n) is 10.5. The van der Waals surface area contributed by atoms with Crippen LogP contribution in [0, 0.1) is 9.39 Å². The number of aromatic nitrogens is 2. The molecule has 2 heterocycles.